The van der Waals surface area contributed by atoms with Crippen LogP contribution in [-0.4, -0.2) is 45.2 Å². The van der Waals surface area contributed by atoms with Gasteiger partial charge in [-0.15, -0.1) is 0 Å². The molecule has 3 aromatic heterocycles. The number of aromatic amines is 2. The van der Waals surface area contributed by atoms with Gasteiger partial charge in [-0.2, -0.15) is 5.10 Å². The van der Waals surface area contributed by atoms with Crippen molar-refractivity contribution in [2.24, 2.45) is 11.5 Å². The number of benzene rings is 2. The van der Waals surface area contributed by atoms with Gasteiger partial charge in [0.1, 0.15) is 11.5 Å². The molecule has 0 radical (unpaired) electrons. The van der Waals surface area contributed by atoms with E-state index in [0.717, 1.165) is 38.7 Å². The van der Waals surface area contributed by atoms with E-state index in [-0.39, 0.29) is 5.91 Å². The highest BCUT2D eigenvalue weighted by molar-refractivity contribution is 6.00. The molecule has 8 N–H and O–H groups in total. The van der Waals surface area contributed by atoms with Crippen LogP contribution < -0.4 is 27.0 Å². The number of amides is 1. The first-order valence-electron chi connectivity index (χ1n) is 11.4. The van der Waals surface area contributed by atoms with E-state index in [2.05, 4.69) is 30.8 Å². The van der Waals surface area contributed by atoms with Gasteiger partial charge in [-0.1, -0.05) is 12.1 Å². The van der Waals surface area contributed by atoms with E-state index < -0.39 is 0 Å². The number of H-pyrrole nitrogens is 2. The topological polar surface area (TPSA) is 167 Å². The molecule has 37 heavy (non-hydrogen) atoms. The van der Waals surface area contributed by atoms with Crippen LogP contribution in [-0.2, 0) is 0 Å². The first kappa shape index (κ1) is 23.4. The molecule has 0 aliphatic carbocycles. The monoisotopic (exact) mass is 494 g/mol. The van der Waals surface area contributed by atoms with Crippen molar-refractivity contribution in [3.8, 4) is 11.4 Å². The summed E-state index contributed by atoms with van der Waals surface area (Å²) in [6.45, 7) is 0. The molecular weight excluding hydrogens is 468 g/mol. The Morgan fingerprint density at radius 3 is 2.73 bits per heavy atom. The van der Waals surface area contributed by atoms with Crippen LogP contribution in [0.1, 0.15) is 10.5 Å². The van der Waals surface area contributed by atoms with Gasteiger partial charge in [-0.25, -0.2) is 9.97 Å². The van der Waals surface area contributed by atoms with Gasteiger partial charge in [-0.3, -0.25) is 9.89 Å². The summed E-state index contributed by atoms with van der Waals surface area (Å²) in [6, 6.07) is 13.3. The Balaban J connectivity index is 1.42. The minimum atomic E-state index is -0.332. The fourth-order valence-corrected chi connectivity index (χ4v) is 4.12. The summed E-state index contributed by atoms with van der Waals surface area (Å²) in [5.74, 6) is 0.864. The molecule has 1 amide bonds. The van der Waals surface area contributed by atoms with Crippen LogP contribution in [0.4, 0.5) is 17.2 Å². The van der Waals surface area contributed by atoms with Gasteiger partial charge in [0, 0.05) is 48.3 Å². The number of nitrogens with two attached hydrogens (primary N) is 2. The summed E-state index contributed by atoms with van der Waals surface area (Å²) in [7, 11) is 3.97. The Hall–Kier alpha value is -5.32. The van der Waals surface area contributed by atoms with Crippen LogP contribution in [0.2, 0.25) is 0 Å². The third kappa shape index (κ3) is 4.65. The minimum Gasteiger partial charge on any atom is -0.405 e. The number of hydrogen-bond acceptors (Lipinski definition) is 8. The lowest BCUT2D eigenvalue weighted by atomic mass is 10.1. The van der Waals surface area contributed by atoms with E-state index >= 15 is 0 Å². The van der Waals surface area contributed by atoms with Gasteiger partial charge >= 0.3 is 0 Å². The highest BCUT2D eigenvalue weighted by Gasteiger charge is 2.14. The van der Waals surface area contributed by atoms with E-state index in [1.54, 1.807) is 12.3 Å². The molecule has 11 heteroatoms. The van der Waals surface area contributed by atoms with Gasteiger partial charge in [0.05, 0.1) is 28.8 Å². The molecule has 186 valence electrons. The summed E-state index contributed by atoms with van der Waals surface area (Å²) in [5.41, 5.74) is 16.1. The van der Waals surface area contributed by atoms with Crippen molar-refractivity contribution >= 4 is 44.9 Å². The third-order valence-electron chi connectivity index (χ3n) is 5.80. The minimum absolute atomic E-state index is 0.332. The molecule has 11 nitrogen and oxygen atoms in total. The molecule has 5 rings (SSSR count). The van der Waals surface area contributed by atoms with Gasteiger partial charge in [-0.05, 0) is 42.6 Å². The fourth-order valence-electron chi connectivity index (χ4n) is 4.12. The first-order valence-corrected chi connectivity index (χ1v) is 11.4. The summed E-state index contributed by atoms with van der Waals surface area (Å²) in [5, 5.41) is 15.2. The average Bonchev–Trinajstić information content (AvgIpc) is 3.55. The van der Waals surface area contributed by atoms with E-state index in [4.69, 9.17) is 16.5 Å². The first-order chi connectivity index (χ1) is 18.0. The fraction of sp³-hybridized carbons (Fsp3) is 0.0769. The maximum atomic E-state index is 12.6. The van der Waals surface area contributed by atoms with Crippen molar-refractivity contribution in [1.29, 1.82) is 0 Å². The molecule has 0 aliphatic rings. The Bertz CT molecular complexity index is 1660. The van der Waals surface area contributed by atoms with Crippen molar-refractivity contribution in [2.45, 2.75) is 0 Å². The summed E-state index contributed by atoms with van der Waals surface area (Å²) in [6.07, 6.45) is 7.60. The third-order valence-corrected chi connectivity index (χ3v) is 5.80. The number of nitrogens with one attached hydrogen (secondary N) is 4. The van der Waals surface area contributed by atoms with E-state index in [0.29, 0.717) is 23.0 Å². The molecule has 0 bridgehead atoms. The molecular formula is C26H26N10O. The number of hydrogen-bond donors (Lipinski definition) is 6. The Morgan fingerprint density at radius 2 is 1.95 bits per heavy atom. The highest BCUT2D eigenvalue weighted by atomic mass is 16.1. The number of carbonyl (C=O) groups is 1. The second-order valence-electron chi connectivity index (χ2n) is 8.50. The van der Waals surface area contributed by atoms with Crippen LogP contribution in [0.15, 0.2) is 79.0 Å². The molecule has 3 heterocycles. The number of rotatable bonds is 7. The molecule has 0 atom stereocenters. The lowest BCUT2D eigenvalue weighted by molar-refractivity contribution is 0.0963. The van der Waals surface area contributed by atoms with E-state index in [1.807, 2.05) is 61.6 Å². The van der Waals surface area contributed by atoms with Crippen molar-refractivity contribution < 1.29 is 4.79 Å². The lowest BCUT2D eigenvalue weighted by Crippen LogP contribution is -2.23. The summed E-state index contributed by atoms with van der Waals surface area (Å²) in [4.78, 5) is 27.0. The smallest absolute Gasteiger partial charge is 0.272 e. The Labute approximate surface area is 212 Å². The van der Waals surface area contributed by atoms with Crippen LogP contribution in [0.3, 0.4) is 0 Å². The van der Waals surface area contributed by atoms with Gasteiger partial charge < -0.3 is 32.0 Å². The number of aromatic nitrogens is 5. The van der Waals surface area contributed by atoms with Gasteiger partial charge in [0.2, 0.25) is 0 Å². The molecule has 0 fully saturated rings. The lowest BCUT2D eigenvalue weighted by Gasteiger charge is -2.19. The predicted molar refractivity (Wildman–Crippen MR) is 146 cm³/mol. The maximum absolute atomic E-state index is 12.6. The second kappa shape index (κ2) is 9.74. The number of nitrogens with zero attached hydrogens (tertiary/aromatic N) is 4. The van der Waals surface area contributed by atoms with Crippen LogP contribution in [0.25, 0.3) is 33.2 Å². The highest BCUT2D eigenvalue weighted by Crippen LogP contribution is 2.34. The zero-order valence-corrected chi connectivity index (χ0v) is 20.3. The predicted octanol–water partition coefficient (Wildman–Crippen LogP) is 3.31. The largest absolute Gasteiger partial charge is 0.405 e. The molecule has 5 aromatic rings. The molecule has 0 unspecified atom stereocenters. The zero-order chi connectivity index (χ0) is 25.9. The van der Waals surface area contributed by atoms with Crippen molar-refractivity contribution in [2.75, 3.05) is 24.3 Å². The van der Waals surface area contributed by atoms with Gasteiger partial charge in [0.25, 0.3) is 5.91 Å². The number of allylic oxidation sites excluding steroid dienone is 1. The maximum Gasteiger partial charge on any atom is 0.272 e. The van der Waals surface area contributed by atoms with Crippen molar-refractivity contribution in [1.82, 2.24) is 30.5 Å². The Kier molecular flexibility index (Phi) is 6.17. The molecule has 0 spiro atoms. The number of anilines is 3. The second-order valence-corrected chi connectivity index (χ2v) is 8.50. The van der Waals surface area contributed by atoms with Crippen LogP contribution >= 0.6 is 0 Å². The summed E-state index contributed by atoms with van der Waals surface area (Å²) >= 11 is 0. The van der Waals surface area contributed by atoms with E-state index in [9.17, 15) is 4.79 Å². The molecule has 2 aromatic carbocycles. The number of fused-ring (bicyclic) bond motifs is 2. The van der Waals surface area contributed by atoms with E-state index in [1.165, 1.54) is 18.5 Å². The van der Waals surface area contributed by atoms with Crippen molar-refractivity contribution in [3.05, 3.63) is 84.7 Å². The SMILES string of the molecule is CN(C)c1c(Nc2ccnc(-c3ccc4cc(C(=O)NC(/C=C\N)=C/N)[nH]c4c3)n2)ccc2[nH]ncc12. The van der Waals surface area contributed by atoms with Crippen LogP contribution in [0, 0.1) is 0 Å². The molecule has 0 saturated heterocycles. The number of carbonyl (C=O) groups excluding carboxylic acids is 1. The average molecular weight is 495 g/mol. The van der Waals surface area contributed by atoms with Crippen LogP contribution in [0.5, 0.6) is 0 Å². The standard InChI is InChI=1S/C26H26N10O/c1-36(2)24-18-14-30-35-19(18)5-6-20(24)33-23-8-10-29-25(34-23)16-4-3-15-11-22(32-21(15)12-16)26(37)31-17(13-28)7-9-27/h3-14,32H,27-28H2,1-2H3,(H,30,35)(H,31,37)(H,29,33,34)/b9-7-,17-13+. The zero-order valence-electron chi connectivity index (χ0n) is 20.3. The van der Waals surface area contributed by atoms with Crippen molar-refractivity contribution in [3.63, 3.8) is 0 Å². The molecule has 0 saturated carbocycles. The molecule has 0 aliphatic heterocycles. The normalized spacial score (nSPS) is 11.9. The summed E-state index contributed by atoms with van der Waals surface area (Å²) < 4.78 is 0. The quantitative estimate of drug-likeness (QED) is 0.187. The van der Waals surface area contributed by atoms with Gasteiger partial charge in [0.15, 0.2) is 5.82 Å². The Morgan fingerprint density at radius 1 is 1.08 bits per heavy atom.